The van der Waals surface area contributed by atoms with Crippen LogP contribution in [0.4, 0.5) is 0 Å². The number of ether oxygens (including phenoxy) is 2. The van der Waals surface area contributed by atoms with Crippen molar-refractivity contribution in [2.24, 2.45) is 0 Å². The van der Waals surface area contributed by atoms with Crippen molar-refractivity contribution in [2.45, 2.75) is 44.2 Å². The first-order valence-electron chi connectivity index (χ1n) is 7.31. The molecule has 112 valence electrons. The smallest absolute Gasteiger partial charge is 0.123 e. The monoisotopic (exact) mass is 297 g/mol. The van der Waals surface area contributed by atoms with Crippen molar-refractivity contribution in [3.63, 3.8) is 0 Å². The quantitative estimate of drug-likeness (QED) is 0.862. The minimum Gasteiger partial charge on any atom is -0.496 e. The molecule has 0 aromatic heterocycles. The predicted molar refractivity (Wildman–Crippen MR) is 82.6 cm³/mol. The van der Waals surface area contributed by atoms with E-state index in [-0.39, 0.29) is 11.6 Å². The molecular weight excluding hydrogens is 274 g/mol. The predicted octanol–water partition coefficient (Wildman–Crippen LogP) is 3.96. The molecule has 1 unspecified atom stereocenters. The normalized spacial score (nSPS) is 19.0. The van der Waals surface area contributed by atoms with E-state index in [1.54, 1.807) is 7.11 Å². The topological polar surface area (TPSA) is 30.5 Å². The third kappa shape index (κ3) is 2.95. The van der Waals surface area contributed by atoms with Crippen LogP contribution in [-0.2, 0) is 4.74 Å². The summed E-state index contributed by atoms with van der Waals surface area (Å²) < 4.78 is 11.7. The van der Waals surface area contributed by atoms with Crippen LogP contribution in [0.25, 0.3) is 0 Å². The molecule has 1 N–H and O–H groups in total. The number of hydrogen-bond acceptors (Lipinski definition) is 3. The lowest BCUT2D eigenvalue weighted by atomic mass is 9.86. The number of benzene rings is 1. The zero-order chi connectivity index (χ0) is 14.6. The van der Waals surface area contributed by atoms with Gasteiger partial charge in [-0.3, -0.25) is 0 Å². The van der Waals surface area contributed by atoms with E-state index in [4.69, 9.17) is 21.1 Å². The molecule has 0 amide bonds. The van der Waals surface area contributed by atoms with Gasteiger partial charge >= 0.3 is 0 Å². The van der Waals surface area contributed by atoms with Crippen molar-refractivity contribution in [2.75, 3.05) is 20.8 Å². The lowest BCUT2D eigenvalue weighted by Crippen LogP contribution is -2.43. The van der Waals surface area contributed by atoms with Gasteiger partial charge in [-0.2, -0.15) is 0 Å². The lowest BCUT2D eigenvalue weighted by molar-refractivity contribution is -0.0614. The third-order valence-electron chi connectivity index (χ3n) is 4.20. The summed E-state index contributed by atoms with van der Waals surface area (Å²) in [6.07, 6.45) is 4.56. The van der Waals surface area contributed by atoms with Crippen LogP contribution in [0.5, 0.6) is 5.75 Å². The summed E-state index contributed by atoms with van der Waals surface area (Å²) >= 11 is 6.18. The van der Waals surface area contributed by atoms with Crippen molar-refractivity contribution >= 4 is 11.6 Å². The van der Waals surface area contributed by atoms with Crippen LogP contribution in [-0.4, -0.2) is 26.4 Å². The standard InChI is InChI=1S/C16H24ClNO2/c1-4-20-16(9-5-6-10-16)15(18-2)13-11-12(17)7-8-14(13)19-3/h7-8,11,15,18H,4-6,9-10H2,1-3H3. The molecule has 2 rings (SSSR count). The summed E-state index contributed by atoms with van der Waals surface area (Å²) in [4.78, 5) is 0. The van der Waals surface area contributed by atoms with E-state index in [0.717, 1.165) is 35.8 Å². The van der Waals surface area contributed by atoms with E-state index in [1.807, 2.05) is 25.2 Å². The van der Waals surface area contributed by atoms with E-state index in [2.05, 4.69) is 12.2 Å². The molecule has 1 aromatic carbocycles. The highest BCUT2D eigenvalue weighted by atomic mass is 35.5. The van der Waals surface area contributed by atoms with Gasteiger partial charge in [0.15, 0.2) is 0 Å². The molecule has 1 aliphatic rings. The van der Waals surface area contributed by atoms with E-state index in [0.29, 0.717) is 0 Å². The fourth-order valence-corrected chi connectivity index (χ4v) is 3.59. The van der Waals surface area contributed by atoms with Crippen molar-refractivity contribution in [1.82, 2.24) is 5.32 Å². The van der Waals surface area contributed by atoms with Crippen LogP contribution >= 0.6 is 11.6 Å². The molecule has 1 aromatic rings. The Kier molecular flexibility index (Phi) is 5.30. The van der Waals surface area contributed by atoms with Gasteiger partial charge in [0.25, 0.3) is 0 Å². The van der Waals surface area contributed by atoms with Crippen LogP contribution in [0.15, 0.2) is 18.2 Å². The minimum absolute atomic E-state index is 0.0959. The summed E-state index contributed by atoms with van der Waals surface area (Å²) in [5.41, 5.74) is 0.930. The Hall–Kier alpha value is -0.770. The molecule has 0 spiro atoms. The Labute approximate surface area is 126 Å². The molecule has 1 aliphatic carbocycles. The first-order valence-corrected chi connectivity index (χ1v) is 7.69. The molecule has 0 saturated heterocycles. The largest absolute Gasteiger partial charge is 0.496 e. The van der Waals surface area contributed by atoms with Crippen molar-refractivity contribution in [1.29, 1.82) is 0 Å². The van der Waals surface area contributed by atoms with E-state index in [9.17, 15) is 0 Å². The second-order valence-corrected chi connectivity index (χ2v) is 5.75. The van der Waals surface area contributed by atoms with Gasteiger partial charge in [-0.15, -0.1) is 0 Å². The van der Waals surface area contributed by atoms with Crippen molar-refractivity contribution < 1.29 is 9.47 Å². The molecule has 0 heterocycles. The molecule has 3 nitrogen and oxygen atoms in total. The molecule has 0 radical (unpaired) electrons. The number of methoxy groups -OCH3 is 1. The fraction of sp³-hybridized carbons (Fsp3) is 0.625. The van der Waals surface area contributed by atoms with Gasteiger partial charge in [-0.1, -0.05) is 24.4 Å². The number of rotatable bonds is 6. The summed E-state index contributed by atoms with van der Waals surface area (Å²) in [7, 11) is 3.67. The van der Waals surface area contributed by atoms with E-state index >= 15 is 0 Å². The van der Waals surface area contributed by atoms with Gasteiger partial charge in [0, 0.05) is 17.2 Å². The number of hydrogen-bond donors (Lipinski definition) is 1. The van der Waals surface area contributed by atoms with Crippen molar-refractivity contribution in [3.8, 4) is 5.75 Å². The van der Waals surface area contributed by atoms with Gasteiger partial charge in [0.05, 0.1) is 18.8 Å². The maximum absolute atomic E-state index is 6.18. The zero-order valence-corrected chi connectivity index (χ0v) is 13.3. The maximum Gasteiger partial charge on any atom is 0.123 e. The lowest BCUT2D eigenvalue weighted by Gasteiger charge is -2.38. The summed E-state index contributed by atoms with van der Waals surface area (Å²) in [5, 5.41) is 4.15. The van der Waals surface area contributed by atoms with Crippen LogP contribution in [0, 0.1) is 0 Å². The molecule has 0 bridgehead atoms. The van der Waals surface area contributed by atoms with Gasteiger partial charge in [-0.05, 0) is 45.0 Å². The minimum atomic E-state index is -0.151. The molecular formula is C16H24ClNO2. The Morgan fingerprint density at radius 3 is 2.60 bits per heavy atom. The number of likely N-dealkylation sites (N-methyl/N-ethyl adjacent to an activating group) is 1. The molecule has 1 saturated carbocycles. The highest BCUT2D eigenvalue weighted by Crippen LogP contribution is 2.45. The van der Waals surface area contributed by atoms with Crippen LogP contribution in [0.3, 0.4) is 0 Å². The van der Waals surface area contributed by atoms with E-state index in [1.165, 1.54) is 12.8 Å². The third-order valence-corrected chi connectivity index (χ3v) is 4.43. The Balaban J connectivity index is 2.42. The van der Waals surface area contributed by atoms with Gasteiger partial charge in [-0.25, -0.2) is 0 Å². The zero-order valence-electron chi connectivity index (χ0n) is 12.5. The second-order valence-electron chi connectivity index (χ2n) is 5.31. The number of nitrogens with one attached hydrogen (secondary N) is 1. The first kappa shape index (κ1) is 15.6. The Bertz CT molecular complexity index is 444. The summed E-state index contributed by atoms with van der Waals surface area (Å²) in [6.45, 7) is 2.78. The first-order chi connectivity index (χ1) is 9.66. The van der Waals surface area contributed by atoms with Crippen LogP contribution < -0.4 is 10.1 Å². The fourth-order valence-electron chi connectivity index (χ4n) is 3.41. The average Bonchev–Trinajstić information content (AvgIpc) is 2.90. The molecule has 4 heteroatoms. The average molecular weight is 298 g/mol. The molecule has 1 fully saturated rings. The maximum atomic E-state index is 6.18. The van der Waals surface area contributed by atoms with Crippen LogP contribution in [0.2, 0.25) is 5.02 Å². The van der Waals surface area contributed by atoms with Crippen LogP contribution in [0.1, 0.15) is 44.2 Å². The molecule has 1 atom stereocenters. The Morgan fingerprint density at radius 2 is 2.05 bits per heavy atom. The summed E-state index contributed by atoms with van der Waals surface area (Å²) in [5.74, 6) is 0.861. The van der Waals surface area contributed by atoms with Crippen molar-refractivity contribution in [3.05, 3.63) is 28.8 Å². The van der Waals surface area contributed by atoms with Gasteiger partial charge in [0.2, 0.25) is 0 Å². The number of halogens is 1. The van der Waals surface area contributed by atoms with Gasteiger partial charge in [0.1, 0.15) is 5.75 Å². The van der Waals surface area contributed by atoms with Gasteiger partial charge < -0.3 is 14.8 Å². The summed E-state index contributed by atoms with van der Waals surface area (Å²) in [6, 6.07) is 5.87. The highest BCUT2D eigenvalue weighted by molar-refractivity contribution is 6.30. The van der Waals surface area contributed by atoms with E-state index < -0.39 is 0 Å². The molecule has 0 aliphatic heterocycles. The SMILES string of the molecule is CCOC1(C(NC)c2cc(Cl)ccc2OC)CCCC1. The second kappa shape index (κ2) is 6.79. The highest BCUT2D eigenvalue weighted by Gasteiger charge is 2.43. The molecule has 20 heavy (non-hydrogen) atoms. The Morgan fingerprint density at radius 1 is 1.35 bits per heavy atom.